The van der Waals surface area contributed by atoms with Crippen molar-refractivity contribution < 1.29 is 0 Å². The number of hydrogen-bond donors (Lipinski definition) is 2. The zero-order chi connectivity index (χ0) is 11.2. The lowest BCUT2D eigenvalue weighted by Gasteiger charge is -2.18. The summed E-state index contributed by atoms with van der Waals surface area (Å²) < 4.78 is 0. The molecule has 0 bridgehead atoms. The first-order chi connectivity index (χ1) is 7.92. The average molecular weight is 217 g/mol. The lowest BCUT2D eigenvalue weighted by Crippen LogP contribution is -2.30. The van der Waals surface area contributed by atoms with E-state index in [4.69, 9.17) is 5.84 Å². The third-order valence-electron chi connectivity index (χ3n) is 3.10. The van der Waals surface area contributed by atoms with Gasteiger partial charge in [0.05, 0.1) is 11.7 Å². The second-order valence-corrected chi connectivity index (χ2v) is 4.23. The number of aromatic nitrogens is 1. The van der Waals surface area contributed by atoms with Crippen LogP contribution in [-0.2, 0) is 0 Å². The summed E-state index contributed by atoms with van der Waals surface area (Å²) in [6, 6.07) is 6.04. The fourth-order valence-electron chi connectivity index (χ4n) is 2.23. The molecular formula is C13H19N3. The molecule has 0 saturated carbocycles. The molecule has 0 spiro atoms. The van der Waals surface area contributed by atoms with E-state index in [0.29, 0.717) is 0 Å². The number of pyridine rings is 1. The summed E-state index contributed by atoms with van der Waals surface area (Å²) in [5.41, 5.74) is 5.28. The number of rotatable bonds is 3. The summed E-state index contributed by atoms with van der Waals surface area (Å²) in [4.78, 5) is 4.37. The van der Waals surface area contributed by atoms with Crippen LogP contribution in [0.25, 0.3) is 0 Å². The molecule has 0 aromatic carbocycles. The molecule has 1 aromatic rings. The Bertz CT molecular complexity index is 345. The highest BCUT2D eigenvalue weighted by atomic mass is 15.2. The quantitative estimate of drug-likeness (QED) is 0.464. The molecule has 0 fully saturated rings. The van der Waals surface area contributed by atoms with Crippen LogP contribution in [0, 0.1) is 0 Å². The summed E-state index contributed by atoms with van der Waals surface area (Å²) in [7, 11) is 0. The van der Waals surface area contributed by atoms with Gasteiger partial charge in [0, 0.05) is 6.20 Å². The molecule has 1 heterocycles. The van der Waals surface area contributed by atoms with Gasteiger partial charge in [-0.25, -0.2) is 5.43 Å². The number of nitrogens with one attached hydrogen (secondary N) is 1. The zero-order valence-corrected chi connectivity index (χ0v) is 9.52. The maximum Gasteiger partial charge on any atom is 0.0841 e. The van der Waals surface area contributed by atoms with Crippen molar-refractivity contribution in [3.63, 3.8) is 0 Å². The molecule has 1 aromatic heterocycles. The van der Waals surface area contributed by atoms with E-state index in [1.165, 1.54) is 31.3 Å². The summed E-state index contributed by atoms with van der Waals surface area (Å²) in [6.45, 7) is 0. The third kappa shape index (κ3) is 2.68. The predicted octanol–water partition coefficient (Wildman–Crippen LogP) is 2.48. The van der Waals surface area contributed by atoms with E-state index in [2.05, 4.69) is 16.5 Å². The van der Waals surface area contributed by atoms with Crippen molar-refractivity contribution in [2.75, 3.05) is 0 Å². The lowest BCUT2D eigenvalue weighted by atomic mass is 9.99. The molecule has 1 aliphatic carbocycles. The Labute approximate surface area is 96.7 Å². The molecule has 0 radical (unpaired) electrons. The normalized spacial score (nSPS) is 18.7. The van der Waals surface area contributed by atoms with E-state index < -0.39 is 0 Å². The van der Waals surface area contributed by atoms with Gasteiger partial charge in [0.15, 0.2) is 0 Å². The van der Waals surface area contributed by atoms with Crippen LogP contribution in [0.5, 0.6) is 0 Å². The largest absolute Gasteiger partial charge is 0.271 e. The second kappa shape index (κ2) is 5.77. The summed E-state index contributed by atoms with van der Waals surface area (Å²) >= 11 is 0. The maximum absolute atomic E-state index is 5.66. The molecule has 0 amide bonds. The van der Waals surface area contributed by atoms with Gasteiger partial charge in [0.1, 0.15) is 0 Å². The monoisotopic (exact) mass is 217 g/mol. The van der Waals surface area contributed by atoms with Gasteiger partial charge in [0.25, 0.3) is 0 Å². The van der Waals surface area contributed by atoms with Gasteiger partial charge >= 0.3 is 0 Å². The van der Waals surface area contributed by atoms with Gasteiger partial charge in [-0.2, -0.15) is 0 Å². The Morgan fingerprint density at radius 3 is 2.94 bits per heavy atom. The first kappa shape index (κ1) is 11.3. The van der Waals surface area contributed by atoms with Crippen LogP contribution in [0.3, 0.4) is 0 Å². The lowest BCUT2D eigenvalue weighted by molar-refractivity contribution is 0.580. The summed E-state index contributed by atoms with van der Waals surface area (Å²) in [6.07, 6.45) is 10.3. The van der Waals surface area contributed by atoms with E-state index in [1.807, 2.05) is 24.4 Å². The fraction of sp³-hybridized carbons (Fsp3) is 0.462. The van der Waals surface area contributed by atoms with Gasteiger partial charge in [0.2, 0.25) is 0 Å². The van der Waals surface area contributed by atoms with Gasteiger partial charge < -0.3 is 0 Å². The first-order valence-electron chi connectivity index (χ1n) is 5.98. The molecule has 1 atom stereocenters. The Hall–Kier alpha value is -1.19. The fourth-order valence-corrected chi connectivity index (χ4v) is 2.23. The van der Waals surface area contributed by atoms with Crippen molar-refractivity contribution in [3.05, 3.63) is 41.7 Å². The minimum absolute atomic E-state index is 0.0827. The predicted molar refractivity (Wildman–Crippen MR) is 65.5 cm³/mol. The zero-order valence-electron chi connectivity index (χ0n) is 9.52. The number of nitrogens with two attached hydrogens (primary N) is 1. The number of hydrazine groups is 1. The minimum atomic E-state index is 0.0827. The highest BCUT2D eigenvalue weighted by molar-refractivity contribution is 5.22. The van der Waals surface area contributed by atoms with Crippen LogP contribution >= 0.6 is 0 Å². The smallest absolute Gasteiger partial charge is 0.0841 e. The minimum Gasteiger partial charge on any atom is -0.271 e. The van der Waals surface area contributed by atoms with Gasteiger partial charge in [-0.05, 0) is 37.8 Å². The Morgan fingerprint density at radius 1 is 1.25 bits per heavy atom. The van der Waals surface area contributed by atoms with Gasteiger partial charge in [-0.1, -0.05) is 24.1 Å². The standard InChI is InChI=1S/C13H19N3/c14-16-13(12-9-5-6-10-15-12)11-7-3-1-2-4-8-11/h5-7,9-10,13,16H,1-4,8,14H2. The van der Waals surface area contributed by atoms with E-state index in [1.54, 1.807) is 0 Å². The van der Waals surface area contributed by atoms with Crippen LogP contribution in [-0.4, -0.2) is 4.98 Å². The molecule has 1 aliphatic rings. The molecule has 0 saturated heterocycles. The summed E-state index contributed by atoms with van der Waals surface area (Å²) in [5.74, 6) is 5.66. The van der Waals surface area contributed by atoms with Crippen molar-refractivity contribution in [2.45, 2.75) is 38.1 Å². The molecule has 86 valence electrons. The van der Waals surface area contributed by atoms with E-state index in [9.17, 15) is 0 Å². The van der Waals surface area contributed by atoms with Crippen molar-refractivity contribution >= 4 is 0 Å². The van der Waals surface area contributed by atoms with Crippen molar-refractivity contribution in [3.8, 4) is 0 Å². The van der Waals surface area contributed by atoms with E-state index in [0.717, 1.165) is 12.1 Å². The molecule has 3 heteroatoms. The number of nitrogens with zero attached hydrogens (tertiary/aromatic N) is 1. The van der Waals surface area contributed by atoms with Crippen LogP contribution < -0.4 is 11.3 Å². The Balaban J connectivity index is 2.18. The van der Waals surface area contributed by atoms with Crippen LogP contribution in [0.1, 0.15) is 43.8 Å². The van der Waals surface area contributed by atoms with Crippen LogP contribution in [0.4, 0.5) is 0 Å². The van der Waals surface area contributed by atoms with Crippen molar-refractivity contribution in [1.82, 2.24) is 10.4 Å². The van der Waals surface area contributed by atoms with Crippen molar-refractivity contribution in [2.24, 2.45) is 5.84 Å². The Kier molecular flexibility index (Phi) is 4.08. The molecular weight excluding hydrogens is 198 g/mol. The molecule has 16 heavy (non-hydrogen) atoms. The van der Waals surface area contributed by atoms with Crippen LogP contribution in [0.15, 0.2) is 36.0 Å². The highest BCUT2D eigenvalue weighted by Crippen LogP contribution is 2.27. The van der Waals surface area contributed by atoms with Crippen LogP contribution in [0.2, 0.25) is 0 Å². The SMILES string of the molecule is NNC(C1=CCCCCC1)c1ccccn1. The molecule has 0 aliphatic heterocycles. The van der Waals surface area contributed by atoms with Crippen molar-refractivity contribution in [1.29, 1.82) is 0 Å². The van der Waals surface area contributed by atoms with Gasteiger partial charge in [-0.3, -0.25) is 10.8 Å². The molecule has 3 N–H and O–H groups in total. The first-order valence-corrected chi connectivity index (χ1v) is 5.98. The number of allylic oxidation sites excluding steroid dienone is 1. The molecule has 2 rings (SSSR count). The van der Waals surface area contributed by atoms with E-state index >= 15 is 0 Å². The molecule has 1 unspecified atom stereocenters. The number of hydrogen-bond acceptors (Lipinski definition) is 3. The molecule has 3 nitrogen and oxygen atoms in total. The topological polar surface area (TPSA) is 50.9 Å². The third-order valence-corrected chi connectivity index (χ3v) is 3.10. The Morgan fingerprint density at radius 2 is 2.19 bits per heavy atom. The van der Waals surface area contributed by atoms with Gasteiger partial charge in [-0.15, -0.1) is 0 Å². The highest BCUT2D eigenvalue weighted by Gasteiger charge is 2.16. The van der Waals surface area contributed by atoms with E-state index in [-0.39, 0.29) is 6.04 Å². The second-order valence-electron chi connectivity index (χ2n) is 4.23. The average Bonchev–Trinajstić information content (AvgIpc) is 2.61. The maximum atomic E-state index is 5.66. The summed E-state index contributed by atoms with van der Waals surface area (Å²) in [5, 5.41) is 0.